The van der Waals surface area contributed by atoms with E-state index in [-0.39, 0.29) is 0 Å². The van der Waals surface area contributed by atoms with Gasteiger partial charge in [0.1, 0.15) is 0 Å². The Kier molecular flexibility index (Phi) is 4.58. The van der Waals surface area contributed by atoms with Gasteiger partial charge in [-0.3, -0.25) is 0 Å². The van der Waals surface area contributed by atoms with Crippen LogP contribution in [-0.2, 0) is 4.74 Å². The van der Waals surface area contributed by atoms with Crippen molar-refractivity contribution in [3.05, 3.63) is 0 Å². The highest BCUT2D eigenvalue weighted by Crippen LogP contribution is 2.06. The average molecular weight is 173 g/mol. The van der Waals surface area contributed by atoms with Crippen molar-refractivity contribution < 1.29 is 10.5 Å². The van der Waals surface area contributed by atoms with Crippen molar-refractivity contribution in [2.75, 3.05) is 33.4 Å². The van der Waals surface area contributed by atoms with E-state index in [1.165, 1.54) is 32.5 Å². The molecule has 0 saturated carbocycles. The number of quaternary nitrogens is 1. The lowest BCUT2D eigenvalue weighted by Gasteiger charge is -2.28. The molecule has 0 aliphatic carbocycles. The fraction of sp³-hybridized carbons (Fsp3) is 1.00. The summed E-state index contributed by atoms with van der Waals surface area (Å²) in [6, 6.07) is 0.698. The first-order valence-electron chi connectivity index (χ1n) is 4.87. The lowest BCUT2D eigenvalue weighted by Crippen LogP contribution is -2.64. The summed E-state index contributed by atoms with van der Waals surface area (Å²) in [4.78, 5) is 2.51. The molecular weight excluding hydrogens is 152 g/mol. The van der Waals surface area contributed by atoms with Crippen molar-refractivity contribution in [2.45, 2.75) is 25.3 Å². The van der Waals surface area contributed by atoms with E-state index in [1.54, 1.807) is 7.11 Å². The Labute approximate surface area is 74.9 Å². The van der Waals surface area contributed by atoms with E-state index in [9.17, 15) is 0 Å². The summed E-state index contributed by atoms with van der Waals surface area (Å²) in [5.41, 5.74) is 4.08. The Balaban J connectivity index is 2.01. The maximum absolute atomic E-state index is 5.01. The number of hydrogen-bond donors (Lipinski definition) is 1. The Hall–Kier alpha value is -0.120. The van der Waals surface area contributed by atoms with E-state index in [4.69, 9.17) is 4.74 Å². The van der Waals surface area contributed by atoms with Crippen LogP contribution >= 0.6 is 0 Å². The fourth-order valence-corrected chi connectivity index (χ4v) is 1.64. The molecule has 1 heterocycles. The van der Waals surface area contributed by atoms with Gasteiger partial charge in [0.25, 0.3) is 0 Å². The molecule has 1 aliphatic rings. The van der Waals surface area contributed by atoms with Crippen LogP contribution in [0.15, 0.2) is 0 Å². The summed E-state index contributed by atoms with van der Waals surface area (Å²) in [6.07, 6.45) is 3.71. The molecule has 12 heavy (non-hydrogen) atoms. The quantitative estimate of drug-likeness (QED) is 0.594. The topological polar surface area (TPSA) is 40.1 Å². The molecule has 0 radical (unpaired) electrons. The predicted octanol–water partition coefficient (Wildman–Crippen LogP) is -0.271. The van der Waals surface area contributed by atoms with Crippen LogP contribution in [0.25, 0.3) is 0 Å². The van der Waals surface area contributed by atoms with E-state index in [1.807, 2.05) is 0 Å². The summed E-state index contributed by atoms with van der Waals surface area (Å²) in [6.45, 7) is 4.56. The highest BCUT2D eigenvalue weighted by atomic mass is 16.5. The Bertz CT molecular complexity index is 111. The van der Waals surface area contributed by atoms with Gasteiger partial charge in [-0.25, -0.2) is 0 Å². The van der Waals surface area contributed by atoms with Crippen LogP contribution < -0.4 is 5.73 Å². The predicted molar refractivity (Wildman–Crippen MR) is 48.8 cm³/mol. The third-order valence-corrected chi connectivity index (χ3v) is 2.53. The molecule has 0 amide bonds. The third-order valence-electron chi connectivity index (χ3n) is 2.53. The van der Waals surface area contributed by atoms with Crippen LogP contribution in [0.3, 0.4) is 0 Å². The Morgan fingerprint density at radius 2 is 2.08 bits per heavy atom. The van der Waals surface area contributed by atoms with Crippen LogP contribution in [0.1, 0.15) is 19.3 Å². The minimum absolute atomic E-state index is 0.698. The van der Waals surface area contributed by atoms with Gasteiger partial charge in [-0.15, -0.1) is 0 Å². The molecule has 0 spiro atoms. The number of methoxy groups -OCH3 is 1. The minimum Gasteiger partial charge on any atom is -0.385 e. The number of likely N-dealkylation sites (tertiary alicyclic amines) is 1. The highest BCUT2D eigenvalue weighted by Gasteiger charge is 2.17. The van der Waals surface area contributed by atoms with E-state index < -0.39 is 0 Å². The first-order chi connectivity index (χ1) is 5.83. The van der Waals surface area contributed by atoms with Crippen LogP contribution in [0.2, 0.25) is 0 Å². The normalized spacial score (nSPS) is 21.5. The number of ether oxygens (including phenoxy) is 1. The molecular formula is C9H21N2O+. The van der Waals surface area contributed by atoms with Gasteiger partial charge in [0, 0.05) is 46.2 Å². The summed E-state index contributed by atoms with van der Waals surface area (Å²) in [7, 11) is 1.77. The molecule has 3 nitrogen and oxygen atoms in total. The van der Waals surface area contributed by atoms with E-state index in [2.05, 4.69) is 10.6 Å². The van der Waals surface area contributed by atoms with Gasteiger partial charge in [0.15, 0.2) is 0 Å². The van der Waals surface area contributed by atoms with Crippen molar-refractivity contribution >= 4 is 0 Å². The van der Waals surface area contributed by atoms with Gasteiger partial charge in [0.2, 0.25) is 0 Å². The van der Waals surface area contributed by atoms with Crippen LogP contribution in [0, 0.1) is 0 Å². The molecule has 0 aromatic heterocycles. The van der Waals surface area contributed by atoms with Crippen LogP contribution in [0.5, 0.6) is 0 Å². The van der Waals surface area contributed by atoms with Gasteiger partial charge >= 0.3 is 0 Å². The molecule has 1 aliphatic heterocycles. The maximum atomic E-state index is 5.01. The zero-order valence-corrected chi connectivity index (χ0v) is 8.09. The molecule has 72 valence electrons. The van der Waals surface area contributed by atoms with Gasteiger partial charge in [-0.2, -0.15) is 0 Å². The molecule has 1 fully saturated rings. The maximum Gasteiger partial charge on any atom is 0.0868 e. The monoisotopic (exact) mass is 173 g/mol. The van der Waals surface area contributed by atoms with Gasteiger partial charge in [-0.05, 0) is 6.42 Å². The fourth-order valence-electron chi connectivity index (χ4n) is 1.64. The number of piperidine rings is 1. The zero-order chi connectivity index (χ0) is 8.81. The van der Waals surface area contributed by atoms with E-state index in [0.29, 0.717) is 6.04 Å². The lowest BCUT2D eigenvalue weighted by molar-refractivity contribution is -0.426. The summed E-state index contributed by atoms with van der Waals surface area (Å²) in [5.74, 6) is 0. The van der Waals surface area contributed by atoms with Crippen LogP contribution in [0.4, 0.5) is 0 Å². The summed E-state index contributed by atoms with van der Waals surface area (Å²) >= 11 is 0. The first kappa shape index (κ1) is 9.96. The molecule has 0 bridgehead atoms. The second-order valence-electron chi connectivity index (χ2n) is 3.63. The minimum atomic E-state index is 0.698. The van der Waals surface area contributed by atoms with Crippen molar-refractivity contribution in [2.24, 2.45) is 0 Å². The number of nitrogens with zero attached hydrogens (tertiary/aromatic N) is 1. The van der Waals surface area contributed by atoms with E-state index in [0.717, 1.165) is 13.0 Å². The summed E-state index contributed by atoms with van der Waals surface area (Å²) < 4.78 is 5.01. The number of rotatable bonds is 4. The largest absolute Gasteiger partial charge is 0.385 e. The molecule has 0 aromatic rings. The second kappa shape index (κ2) is 5.51. The molecule has 0 aromatic carbocycles. The Morgan fingerprint density at radius 3 is 2.67 bits per heavy atom. The molecule has 3 heteroatoms. The van der Waals surface area contributed by atoms with Crippen molar-refractivity contribution in [3.63, 3.8) is 0 Å². The molecule has 1 rings (SSSR count). The standard InChI is InChI=1S/C9H20N2O/c1-12-8-2-5-11-6-3-9(10)4-7-11/h9H,2-8,10H2,1H3/p+1. The second-order valence-corrected chi connectivity index (χ2v) is 3.63. The SMILES string of the molecule is COCCCN1CCC([NH3+])CC1. The molecule has 1 saturated heterocycles. The van der Waals surface area contributed by atoms with Crippen molar-refractivity contribution in [3.8, 4) is 0 Å². The van der Waals surface area contributed by atoms with Crippen molar-refractivity contribution in [1.82, 2.24) is 4.90 Å². The smallest absolute Gasteiger partial charge is 0.0868 e. The third kappa shape index (κ3) is 3.52. The molecule has 3 N–H and O–H groups in total. The number of hydrogen-bond acceptors (Lipinski definition) is 2. The first-order valence-corrected chi connectivity index (χ1v) is 4.87. The molecule has 0 atom stereocenters. The summed E-state index contributed by atoms with van der Waals surface area (Å²) in [5, 5.41) is 0. The molecule has 0 unspecified atom stereocenters. The highest BCUT2D eigenvalue weighted by molar-refractivity contribution is 4.69. The Morgan fingerprint density at radius 1 is 1.42 bits per heavy atom. The van der Waals surface area contributed by atoms with Gasteiger partial charge < -0.3 is 15.4 Å². The zero-order valence-electron chi connectivity index (χ0n) is 8.09. The van der Waals surface area contributed by atoms with Gasteiger partial charge in [-0.1, -0.05) is 0 Å². The van der Waals surface area contributed by atoms with Gasteiger partial charge in [0.05, 0.1) is 6.04 Å². The van der Waals surface area contributed by atoms with E-state index >= 15 is 0 Å². The van der Waals surface area contributed by atoms with Crippen molar-refractivity contribution in [1.29, 1.82) is 0 Å². The van der Waals surface area contributed by atoms with Crippen LogP contribution in [-0.4, -0.2) is 44.3 Å². The lowest BCUT2D eigenvalue weighted by atomic mass is 10.1. The average Bonchev–Trinajstić information content (AvgIpc) is 2.09.